The second-order valence-electron chi connectivity index (χ2n) is 5.76. The van der Waals surface area contributed by atoms with Crippen molar-refractivity contribution >= 4 is 11.7 Å². The Morgan fingerprint density at radius 1 is 1.22 bits per heavy atom. The van der Waals surface area contributed by atoms with Gasteiger partial charge in [0.1, 0.15) is 11.5 Å². The third kappa shape index (κ3) is 4.02. The van der Waals surface area contributed by atoms with Crippen LogP contribution in [0.1, 0.15) is 12.0 Å². The second-order valence-corrected chi connectivity index (χ2v) is 5.76. The molecule has 23 heavy (non-hydrogen) atoms. The van der Waals surface area contributed by atoms with E-state index in [9.17, 15) is 9.90 Å². The van der Waals surface area contributed by atoms with E-state index in [1.165, 1.54) is 0 Å². The normalized spacial score (nSPS) is 17.1. The number of carbonyl (C=O) groups is 1. The van der Waals surface area contributed by atoms with Gasteiger partial charge in [0, 0.05) is 18.8 Å². The van der Waals surface area contributed by atoms with Crippen molar-refractivity contribution in [1.82, 2.24) is 4.90 Å². The summed E-state index contributed by atoms with van der Waals surface area (Å²) >= 11 is 0. The van der Waals surface area contributed by atoms with Crippen LogP contribution in [0.2, 0.25) is 0 Å². The van der Waals surface area contributed by atoms with Gasteiger partial charge in [-0.15, -0.1) is 0 Å². The predicted molar refractivity (Wildman–Crippen MR) is 88.9 cm³/mol. The number of aliphatic hydroxyl groups is 1. The van der Waals surface area contributed by atoms with E-state index in [4.69, 9.17) is 4.74 Å². The Morgan fingerprint density at radius 3 is 2.65 bits per heavy atom. The van der Waals surface area contributed by atoms with Gasteiger partial charge in [-0.25, -0.2) is 4.79 Å². The van der Waals surface area contributed by atoms with Gasteiger partial charge in [-0.2, -0.15) is 0 Å². The van der Waals surface area contributed by atoms with Crippen LogP contribution in [0.5, 0.6) is 11.5 Å². The molecule has 0 unspecified atom stereocenters. The topological polar surface area (TPSA) is 61.8 Å². The van der Waals surface area contributed by atoms with Crippen molar-refractivity contribution in [3.8, 4) is 11.5 Å². The molecule has 5 heteroatoms. The minimum Gasteiger partial charge on any atom is -0.457 e. The number of hydrogen-bond donors (Lipinski definition) is 2. The molecule has 2 aromatic carbocycles. The lowest BCUT2D eigenvalue weighted by atomic mass is 10.2. The molecule has 1 atom stereocenters. The van der Waals surface area contributed by atoms with Crippen molar-refractivity contribution in [3.05, 3.63) is 54.1 Å². The first-order valence-electron chi connectivity index (χ1n) is 7.69. The molecule has 1 aliphatic heterocycles. The maximum absolute atomic E-state index is 12.0. The third-order valence-corrected chi connectivity index (χ3v) is 3.78. The highest BCUT2D eigenvalue weighted by Gasteiger charge is 2.24. The largest absolute Gasteiger partial charge is 0.457 e. The average Bonchev–Trinajstić information content (AvgIpc) is 2.96. The minimum atomic E-state index is -0.411. The van der Waals surface area contributed by atoms with Crippen LogP contribution in [-0.4, -0.2) is 35.2 Å². The van der Waals surface area contributed by atoms with E-state index in [2.05, 4.69) is 5.32 Å². The minimum absolute atomic E-state index is 0.186. The number of urea groups is 1. The van der Waals surface area contributed by atoms with Gasteiger partial charge in [-0.3, -0.25) is 0 Å². The Kier molecular flexibility index (Phi) is 4.48. The number of nitrogens with one attached hydrogen (secondary N) is 1. The van der Waals surface area contributed by atoms with E-state index in [1.807, 2.05) is 43.3 Å². The van der Waals surface area contributed by atoms with Crippen molar-refractivity contribution in [2.24, 2.45) is 0 Å². The van der Waals surface area contributed by atoms with Gasteiger partial charge < -0.3 is 20.1 Å². The van der Waals surface area contributed by atoms with E-state index in [0.29, 0.717) is 30.9 Å². The van der Waals surface area contributed by atoms with Gasteiger partial charge in [-0.05, 0) is 55.3 Å². The van der Waals surface area contributed by atoms with E-state index in [-0.39, 0.29) is 6.03 Å². The van der Waals surface area contributed by atoms with Crippen LogP contribution in [0, 0.1) is 6.92 Å². The van der Waals surface area contributed by atoms with Gasteiger partial charge in [0.15, 0.2) is 0 Å². The van der Waals surface area contributed by atoms with E-state index in [0.717, 1.165) is 11.3 Å². The van der Waals surface area contributed by atoms with E-state index >= 15 is 0 Å². The first-order valence-corrected chi connectivity index (χ1v) is 7.69. The number of anilines is 1. The number of aryl methyl sites for hydroxylation is 1. The number of ether oxygens (including phenoxy) is 1. The highest BCUT2D eigenvalue weighted by Crippen LogP contribution is 2.24. The lowest BCUT2D eigenvalue weighted by Crippen LogP contribution is -2.33. The molecule has 3 rings (SSSR count). The SMILES string of the molecule is Cc1cccc(Oc2ccc(NC(=O)N3CC[C@H](O)C3)cc2)c1. The molecular weight excluding hydrogens is 292 g/mol. The molecule has 0 aliphatic carbocycles. The number of carbonyl (C=O) groups excluding carboxylic acids is 1. The van der Waals surface area contributed by atoms with Crippen LogP contribution in [0.15, 0.2) is 48.5 Å². The molecule has 2 amide bonds. The Morgan fingerprint density at radius 2 is 2.00 bits per heavy atom. The van der Waals surface area contributed by atoms with Crippen molar-refractivity contribution in [3.63, 3.8) is 0 Å². The standard InChI is InChI=1S/C18H20N2O3/c1-13-3-2-4-17(11-13)23-16-7-5-14(6-8-16)19-18(22)20-10-9-15(21)12-20/h2-8,11,15,21H,9-10,12H2,1H3,(H,19,22)/t15-/m0/s1. The summed E-state index contributed by atoms with van der Waals surface area (Å²) in [5, 5.41) is 12.3. The monoisotopic (exact) mass is 312 g/mol. The van der Waals surface area contributed by atoms with Crippen molar-refractivity contribution in [2.45, 2.75) is 19.4 Å². The molecule has 120 valence electrons. The first-order chi connectivity index (χ1) is 11.1. The summed E-state index contributed by atoms with van der Waals surface area (Å²) in [6.45, 7) is 2.99. The summed E-state index contributed by atoms with van der Waals surface area (Å²) in [4.78, 5) is 13.7. The highest BCUT2D eigenvalue weighted by molar-refractivity contribution is 5.89. The number of nitrogens with zero attached hydrogens (tertiary/aromatic N) is 1. The van der Waals surface area contributed by atoms with E-state index in [1.54, 1.807) is 17.0 Å². The number of benzene rings is 2. The van der Waals surface area contributed by atoms with Gasteiger partial charge in [0.25, 0.3) is 0 Å². The molecular formula is C18H20N2O3. The average molecular weight is 312 g/mol. The number of likely N-dealkylation sites (tertiary alicyclic amines) is 1. The maximum atomic E-state index is 12.0. The van der Waals surface area contributed by atoms with Crippen LogP contribution >= 0.6 is 0 Å². The van der Waals surface area contributed by atoms with Crippen LogP contribution in [0.4, 0.5) is 10.5 Å². The van der Waals surface area contributed by atoms with E-state index < -0.39 is 6.10 Å². The number of rotatable bonds is 3. The van der Waals surface area contributed by atoms with Crippen LogP contribution in [-0.2, 0) is 0 Å². The Hall–Kier alpha value is -2.53. The molecule has 2 N–H and O–H groups in total. The highest BCUT2D eigenvalue weighted by atomic mass is 16.5. The fourth-order valence-electron chi connectivity index (χ4n) is 2.55. The van der Waals surface area contributed by atoms with Crippen molar-refractivity contribution in [2.75, 3.05) is 18.4 Å². The van der Waals surface area contributed by atoms with Crippen LogP contribution in [0.3, 0.4) is 0 Å². The first kappa shape index (κ1) is 15.4. The van der Waals surface area contributed by atoms with Gasteiger partial charge >= 0.3 is 6.03 Å². The number of amides is 2. The molecule has 0 bridgehead atoms. The van der Waals surface area contributed by atoms with Crippen molar-refractivity contribution in [1.29, 1.82) is 0 Å². The molecule has 0 aromatic heterocycles. The lowest BCUT2D eigenvalue weighted by Gasteiger charge is -2.16. The molecule has 5 nitrogen and oxygen atoms in total. The number of hydrogen-bond acceptors (Lipinski definition) is 3. The zero-order valence-corrected chi connectivity index (χ0v) is 13.0. The molecule has 0 radical (unpaired) electrons. The lowest BCUT2D eigenvalue weighted by molar-refractivity contribution is 0.176. The number of aliphatic hydroxyl groups excluding tert-OH is 1. The smallest absolute Gasteiger partial charge is 0.321 e. The summed E-state index contributed by atoms with van der Waals surface area (Å²) in [6, 6.07) is 14.9. The fraction of sp³-hybridized carbons (Fsp3) is 0.278. The van der Waals surface area contributed by atoms with Crippen LogP contribution in [0.25, 0.3) is 0 Å². The Bertz CT molecular complexity index is 685. The molecule has 1 heterocycles. The van der Waals surface area contributed by atoms with Gasteiger partial charge in [0.2, 0.25) is 0 Å². The molecule has 1 saturated heterocycles. The zero-order valence-electron chi connectivity index (χ0n) is 13.0. The molecule has 0 spiro atoms. The summed E-state index contributed by atoms with van der Waals surface area (Å²) < 4.78 is 5.78. The predicted octanol–water partition coefficient (Wildman–Crippen LogP) is 3.39. The molecule has 1 aliphatic rings. The van der Waals surface area contributed by atoms with Crippen LogP contribution < -0.4 is 10.1 Å². The fourth-order valence-corrected chi connectivity index (χ4v) is 2.55. The molecule has 2 aromatic rings. The van der Waals surface area contributed by atoms with Gasteiger partial charge in [-0.1, -0.05) is 12.1 Å². The summed E-state index contributed by atoms with van der Waals surface area (Å²) in [5.41, 5.74) is 1.84. The quantitative estimate of drug-likeness (QED) is 0.913. The Balaban J connectivity index is 1.59. The summed E-state index contributed by atoms with van der Waals surface area (Å²) in [6.07, 6.45) is 0.224. The molecule has 0 saturated carbocycles. The summed E-state index contributed by atoms with van der Waals surface area (Å²) in [5.74, 6) is 1.50. The second kappa shape index (κ2) is 6.71. The maximum Gasteiger partial charge on any atom is 0.321 e. The Labute approximate surface area is 135 Å². The zero-order chi connectivity index (χ0) is 16.2. The van der Waals surface area contributed by atoms with Crippen molar-refractivity contribution < 1.29 is 14.6 Å². The molecule has 1 fully saturated rings. The number of β-amino-alcohol motifs (C(OH)–C–C–N with tert-alkyl or cyclic N) is 1. The van der Waals surface area contributed by atoms with Gasteiger partial charge in [0.05, 0.1) is 6.10 Å². The summed E-state index contributed by atoms with van der Waals surface area (Å²) in [7, 11) is 0. The third-order valence-electron chi connectivity index (χ3n) is 3.78.